The van der Waals surface area contributed by atoms with Crippen LogP contribution in [0.2, 0.25) is 0 Å². The number of carbonyl (C=O) groups excluding carboxylic acids is 2. The Morgan fingerprint density at radius 1 is 0.595 bits per heavy atom. The quantitative estimate of drug-likeness (QED) is 0.0829. The van der Waals surface area contributed by atoms with Crippen LogP contribution in [0.3, 0.4) is 0 Å². The molecule has 0 unspecified atom stereocenters. The number of hydrogen-bond donors (Lipinski definition) is 0. The van der Waals surface area contributed by atoms with E-state index < -0.39 is 11.9 Å². The van der Waals surface area contributed by atoms with E-state index in [1.54, 1.807) is 48.5 Å². The van der Waals surface area contributed by atoms with Crippen LogP contribution in [-0.4, -0.2) is 25.2 Å². The smallest absolute Gasteiger partial charge is 0.339 e. The Hall–Kier alpha value is -3.28. The molecule has 0 fully saturated rings. The Morgan fingerprint density at radius 2 is 1.00 bits per heavy atom. The van der Waals surface area contributed by atoms with Crippen molar-refractivity contribution >= 4 is 11.9 Å². The molecule has 0 amide bonds. The lowest BCUT2D eigenvalue weighted by atomic mass is 10.2. The standard InChI is InChI=1S/C31H42O6/c1-4-6-8-10-12-22-34-26-14-18-28(19-15-26)36-30(32)24-25(3)31(33)37-29-20-16-27(17-21-29)35-23-13-11-9-7-5-2/h14-21H,3-13,22-24H2,1-2H3. The van der Waals surface area contributed by atoms with E-state index in [9.17, 15) is 9.59 Å². The largest absolute Gasteiger partial charge is 0.494 e. The SMILES string of the molecule is C=C(CC(=O)Oc1ccc(OCCCCCCC)cc1)C(=O)Oc1ccc(OCCCCCCC)cc1. The first-order valence-electron chi connectivity index (χ1n) is 13.6. The van der Waals surface area contributed by atoms with E-state index in [-0.39, 0.29) is 12.0 Å². The highest BCUT2D eigenvalue weighted by molar-refractivity contribution is 5.94. The second kappa shape index (κ2) is 18.0. The summed E-state index contributed by atoms with van der Waals surface area (Å²) >= 11 is 0. The third-order valence-corrected chi connectivity index (χ3v) is 5.77. The van der Waals surface area contributed by atoms with Gasteiger partial charge in [0, 0.05) is 5.57 Å². The molecule has 0 radical (unpaired) electrons. The minimum atomic E-state index is -0.677. The predicted molar refractivity (Wildman–Crippen MR) is 146 cm³/mol. The van der Waals surface area contributed by atoms with Gasteiger partial charge in [-0.05, 0) is 61.4 Å². The zero-order chi connectivity index (χ0) is 26.7. The van der Waals surface area contributed by atoms with Crippen molar-refractivity contribution in [3.05, 3.63) is 60.7 Å². The van der Waals surface area contributed by atoms with Gasteiger partial charge in [-0.2, -0.15) is 0 Å². The van der Waals surface area contributed by atoms with Gasteiger partial charge in [0.15, 0.2) is 0 Å². The van der Waals surface area contributed by atoms with E-state index in [1.807, 2.05) is 0 Å². The van der Waals surface area contributed by atoms with Crippen molar-refractivity contribution < 1.29 is 28.5 Å². The summed E-state index contributed by atoms with van der Waals surface area (Å²) in [5.41, 5.74) is 0.0143. The molecule has 0 aliphatic carbocycles. The molecule has 0 atom stereocenters. The molecule has 0 heterocycles. The fourth-order valence-electron chi connectivity index (χ4n) is 3.59. The van der Waals surface area contributed by atoms with Gasteiger partial charge >= 0.3 is 11.9 Å². The number of unbranched alkanes of at least 4 members (excludes halogenated alkanes) is 8. The van der Waals surface area contributed by atoms with Gasteiger partial charge in [-0.1, -0.05) is 71.8 Å². The van der Waals surface area contributed by atoms with Crippen LogP contribution < -0.4 is 18.9 Å². The highest BCUT2D eigenvalue weighted by atomic mass is 16.5. The lowest BCUT2D eigenvalue weighted by Crippen LogP contribution is -2.16. The maximum absolute atomic E-state index is 12.3. The van der Waals surface area contributed by atoms with Gasteiger partial charge in [0.2, 0.25) is 0 Å². The minimum absolute atomic E-state index is 0.0143. The van der Waals surface area contributed by atoms with Gasteiger partial charge in [0.25, 0.3) is 0 Å². The van der Waals surface area contributed by atoms with E-state index >= 15 is 0 Å². The Morgan fingerprint density at radius 3 is 1.46 bits per heavy atom. The van der Waals surface area contributed by atoms with E-state index in [2.05, 4.69) is 20.4 Å². The van der Waals surface area contributed by atoms with Crippen LogP contribution in [0.4, 0.5) is 0 Å². The van der Waals surface area contributed by atoms with Crippen molar-refractivity contribution in [3.8, 4) is 23.0 Å². The number of ether oxygens (including phenoxy) is 4. The van der Waals surface area contributed by atoms with Crippen molar-refractivity contribution in [1.82, 2.24) is 0 Å². The molecule has 0 saturated carbocycles. The Balaban J connectivity index is 1.67. The molecule has 2 aromatic rings. The minimum Gasteiger partial charge on any atom is -0.494 e. The van der Waals surface area contributed by atoms with Crippen molar-refractivity contribution in [2.45, 2.75) is 84.5 Å². The number of hydrogen-bond acceptors (Lipinski definition) is 6. The van der Waals surface area contributed by atoms with Crippen LogP contribution in [0, 0.1) is 0 Å². The maximum Gasteiger partial charge on any atom is 0.339 e. The monoisotopic (exact) mass is 510 g/mol. The van der Waals surface area contributed by atoms with Crippen LogP contribution in [0.1, 0.15) is 84.5 Å². The molecule has 2 aromatic carbocycles. The van der Waals surface area contributed by atoms with E-state index in [0.29, 0.717) is 24.7 Å². The van der Waals surface area contributed by atoms with E-state index in [4.69, 9.17) is 18.9 Å². The van der Waals surface area contributed by atoms with Crippen molar-refractivity contribution in [3.63, 3.8) is 0 Å². The molecule has 0 aliphatic heterocycles. The molecule has 6 nitrogen and oxygen atoms in total. The summed E-state index contributed by atoms with van der Waals surface area (Å²) in [6, 6.07) is 13.7. The zero-order valence-corrected chi connectivity index (χ0v) is 22.5. The second-order valence-corrected chi connectivity index (χ2v) is 9.11. The lowest BCUT2D eigenvalue weighted by molar-refractivity contribution is -0.136. The Bertz CT molecular complexity index is 933. The summed E-state index contributed by atoms with van der Waals surface area (Å²) in [6.45, 7) is 9.39. The van der Waals surface area contributed by atoms with Gasteiger partial charge in [0.05, 0.1) is 19.6 Å². The van der Waals surface area contributed by atoms with Crippen molar-refractivity contribution in [2.75, 3.05) is 13.2 Å². The Kier molecular flexibility index (Phi) is 14.6. The molecule has 0 N–H and O–H groups in total. The Labute approximate surface area is 222 Å². The van der Waals surface area contributed by atoms with Gasteiger partial charge in [-0.25, -0.2) is 4.79 Å². The van der Waals surface area contributed by atoms with Gasteiger partial charge in [0.1, 0.15) is 23.0 Å². The fraction of sp³-hybridized carbons (Fsp3) is 0.484. The summed E-state index contributed by atoms with van der Waals surface area (Å²) in [6.07, 6.45) is 11.5. The summed E-state index contributed by atoms with van der Waals surface area (Å²) in [5, 5.41) is 0. The summed E-state index contributed by atoms with van der Waals surface area (Å²) in [7, 11) is 0. The van der Waals surface area contributed by atoms with Gasteiger partial charge < -0.3 is 18.9 Å². The predicted octanol–water partition coefficient (Wildman–Crippen LogP) is 7.84. The molecule has 0 saturated heterocycles. The van der Waals surface area contributed by atoms with Crippen molar-refractivity contribution in [2.24, 2.45) is 0 Å². The van der Waals surface area contributed by atoms with Gasteiger partial charge in [-0.3, -0.25) is 4.79 Å². The molecule has 0 aliphatic rings. The molecular formula is C31H42O6. The van der Waals surface area contributed by atoms with E-state index in [1.165, 1.54) is 38.5 Å². The molecule has 0 bridgehead atoms. The third kappa shape index (κ3) is 13.0. The molecule has 0 aromatic heterocycles. The summed E-state index contributed by atoms with van der Waals surface area (Å²) in [4.78, 5) is 24.6. The molecule has 202 valence electrons. The number of benzene rings is 2. The lowest BCUT2D eigenvalue weighted by Gasteiger charge is -2.10. The molecule has 37 heavy (non-hydrogen) atoms. The summed E-state index contributed by atoms with van der Waals surface area (Å²) in [5.74, 6) is 0.921. The number of rotatable bonds is 19. The summed E-state index contributed by atoms with van der Waals surface area (Å²) < 4.78 is 22.1. The van der Waals surface area contributed by atoms with Crippen molar-refractivity contribution in [1.29, 1.82) is 0 Å². The second-order valence-electron chi connectivity index (χ2n) is 9.11. The van der Waals surface area contributed by atoms with Crippen LogP contribution >= 0.6 is 0 Å². The molecule has 6 heteroatoms. The highest BCUT2D eigenvalue weighted by Gasteiger charge is 2.16. The average molecular weight is 511 g/mol. The molecule has 2 rings (SSSR count). The normalized spacial score (nSPS) is 10.5. The fourth-order valence-corrected chi connectivity index (χ4v) is 3.59. The first kappa shape index (κ1) is 29.9. The average Bonchev–Trinajstić information content (AvgIpc) is 2.90. The first-order chi connectivity index (χ1) is 18.0. The highest BCUT2D eigenvalue weighted by Crippen LogP contribution is 2.21. The third-order valence-electron chi connectivity index (χ3n) is 5.77. The molecular weight excluding hydrogens is 468 g/mol. The zero-order valence-electron chi connectivity index (χ0n) is 22.5. The molecule has 0 spiro atoms. The number of carbonyl (C=O) groups is 2. The van der Waals surface area contributed by atoms with E-state index in [0.717, 1.165) is 37.2 Å². The van der Waals surface area contributed by atoms with Crippen LogP contribution in [0.15, 0.2) is 60.7 Å². The van der Waals surface area contributed by atoms with Crippen LogP contribution in [0.25, 0.3) is 0 Å². The van der Waals surface area contributed by atoms with Gasteiger partial charge in [-0.15, -0.1) is 0 Å². The van der Waals surface area contributed by atoms with Crippen LogP contribution in [-0.2, 0) is 9.59 Å². The van der Waals surface area contributed by atoms with Crippen LogP contribution in [0.5, 0.6) is 23.0 Å². The topological polar surface area (TPSA) is 71.1 Å². The first-order valence-corrected chi connectivity index (χ1v) is 13.6. The number of esters is 2. The maximum atomic E-state index is 12.3.